The maximum atomic E-state index is 12.8. The molecule has 1 aromatic carbocycles. The molecule has 2 nitrogen and oxygen atoms in total. The Bertz CT molecular complexity index is 359. The minimum absolute atomic E-state index is 0.0422. The number of nitrogens with one attached hydrogen (secondary N) is 1. The van der Waals surface area contributed by atoms with E-state index in [4.69, 9.17) is 0 Å². The van der Waals surface area contributed by atoms with Crippen molar-refractivity contribution in [2.45, 2.75) is 33.2 Å². The van der Waals surface area contributed by atoms with Crippen molar-refractivity contribution in [1.29, 1.82) is 0 Å². The molecule has 0 aliphatic carbocycles. The number of ketones is 1. The molecule has 94 valence electrons. The summed E-state index contributed by atoms with van der Waals surface area (Å²) in [7, 11) is 0. The van der Waals surface area contributed by atoms with Gasteiger partial charge in [0.2, 0.25) is 0 Å². The molecular formula is C14H20FNO. The summed E-state index contributed by atoms with van der Waals surface area (Å²) in [6, 6.07) is 5.56. The van der Waals surface area contributed by atoms with Gasteiger partial charge in [-0.1, -0.05) is 20.8 Å². The fourth-order valence-electron chi connectivity index (χ4n) is 1.82. The molecule has 0 radical (unpaired) electrons. The molecule has 0 heterocycles. The van der Waals surface area contributed by atoms with Gasteiger partial charge in [-0.2, -0.15) is 0 Å². The predicted molar refractivity (Wildman–Crippen MR) is 67.7 cm³/mol. The highest BCUT2D eigenvalue weighted by molar-refractivity contribution is 6.00. The van der Waals surface area contributed by atoms with Crippen LogP contribution >= 0.6 is 0 Å². The lowest BCUT2D eigenvalue weighted by Gasteiger charge is -2.18. The van der Waals surface area contributed by atoms with Crippen LogP contribution in [0, 0.1) is 11.7 Å². The van der Waals surface area contributed by atoms with E-state index < -0.39 is 0 Å². The number of carbonyl (C=O) groups is 1. The number of likely N-dealkylation sites (N-methyl/N-ethyl adjacent to an activating group) is 1. The van der Waals surface area contributed by atoms with Gasteiger partial charge < -0.3 is 5.32 Å². The molecule has 1 atom stereocenters. The molecule has 0 saturated carbocycles. The Morgan fingerprint density at radius 1 is 1.29 bits per heavy atom. The fraction of sp³-hybridized carbons (Fsp3) is 0.500. The lowest BCUT2D eigenvalue weighted by Crippen LogP contribution is -2.37. The van der Waals surface area contributed by atoms with E-state index in [2.05, 4.69) is 19.2 Å². The van der Waals surface area contributed by atoms with E-state index in [1.165, 1.54) is 12.1 Å². The number of halogens is 1. The molecule has 1 unspecified atom stereocenters. The summed E-state index contributed by atoms with van der Waals surface area (Å²) in [5.74, 6) is 0.175. The molecule has 3 heteroatoms. The van der Waals surface area contributed by atoms with Crippen LogP contribution in [0.3, 0.4) is 0 Å². The Balaban J connectivity index is 2.79. The second-order valence-corrected chi connectivity index (χ2v) is 4.61. The molecule has 1 aromatic rings. The third-order valence-electron chi connectivity index (χ3n) is 2.60. The van der Waals surface area contributed by atoms with Gasteiger partial charge in [-0.25, -0.2) is 4.39 Å². The van der Waals surface area contributed by atoms with Gasteiger partial charge in [-0.05, 0) is 43.1 Å². The number of carbonyl (C=O) groups excluding carboxylic acids is 1. The van der Waals surface area contributed by atoms with Crippen molar-refractivity contribution in [3.8, 4) is 0 Å². The highest BCUT2D eigenvalue weighted by Crippen LogP contribution is 2.12. The summed E-state index contributed by atoms with van der Waals surface area (Å²) in [5, 5.41) is 3.18. The third kappa shape index (κ3) is 4.27. The summed E-state index contributed by atoms with van der Waals surface area (Å²) in [6.07, 6.45) is 0.796. The smallest absolute Gasteiger partial charge is 0.179 e. The van der Waals surface area contributed by atoms with Crippen molar-refractivity contribution < 1.29 is 9.18 Å². The van der Waals surface area contributed by atoms with Crippen LogP contribution in [0.5, 0.6) is 0 Å². The molecule has 0 aromatic heterocycles. The highest BCUT2D eigenvalue weighted by Gasteiger charge is 2.19. The molecule has 17 heavy (non-hydrogen) atoms. The zero-order chi connectivity index (χ0) is 12.8. The van der Waals surface area contributed by atoms with E-state index in [1.54, 1.807) is 12.1 Å². The fourth-order valence-corrected chi connectivity index (χ4v) is 1.82. The monoisotopic (exact) mass is 237 g/mol. The van der Waals surface area contributed by atoms with Gasteiger partial charge in [0.1, 0.15) is 5.82 Å². The van der Waals surface area contributed by atoms with Crippen LogP contribution in [0.1, 0.15) is 37.6 Å². The summed E-state index contributed by atoms with van der Waals surface area (Å²) in [4.78, 5) is 12.2. The molecule has 0 spiro atoms. The normalized spacial score (nSPS) is 12.8. The van der Waals surface area contributed by atoms with Crippen molar-refractivity contribution >= 4 is 5.78 Å². The lowest BCUT2D eigenvalue weighted by atomic mass is 9.96. The molecule has 1 N–H and O–H groups in total. The molecule has 0 aliphatic rings. The first-order valence-electron chi connectivity index (χ1n) is 6.07. The van der Waals surface area contributed by atoms with E-state index >= 15 is 0 Å². The van der Waals surface area contributed by atoms with Gasteiger partial charge in [-0.15, -0.1) is 0 Å². The molecule has 1 rings (SSSR count). The van der Waals surface area contributed by atoms with E-state index in [9.17, 15) is 9.18 Å². The lowest BCUT2D eigenvalue weighted by molar-refractivity contribution is 0.0931. The standard InChI is InChI=1S/C14H20FNO/c1-4-16-13(9-10(2)3)14(17)11-5-7-12(15)8-6-11/h5-8,10,13,16H,4,9H2,1-3H3. The van der Waals surface area contributed by atoms with Crippen LogP contribution in [0.25, 0.3) is 0 Å². The number of benzene rings is 1. The highest BCUT2D eigenvalue weighted by atomic mass is 19.1. The zero-order valence-electron chi connectivity index (χ0n) is 10.7. The largest absolute Gasteiger partial charge is 0.307 e. The van der Waals surface area contributed by atoms with Crippen LogP contribution in [-0.2, 0) is 0 Å². The van der Waals surface area contributed by atoms with Gasteiger partial charge >= 0.3 is 0 Å². The van der Waals surface area contributed by atoms with Gasteiger partial charge in [0.15, 0.2) is 5.78 Å². The summed E-state index contributed by atoms with van der Waals surface area (Å²) in [5.41, 5.74) is 0.568. The molecular weight excluding hydrogens is 217 g/mol. The van der Waals surface area contributed by atoms with E-state index in [-0.39, 0.29) is 17.6 Å². The molecule has 0 fully saturated rings. The molecule has 0 amide bonds. The van der Waals surface area contributed by atoms with Crippen LogP contribution in [0.4, 0.5) is 4.39 Å². The van der Waals surface area contributed by atoms with Crippen LogP contribution < -0.4 is 5.32 Å². The van der Waals surface area contributed by atoms with Crippen LogP contribution in [0.2, 0.25) is 0 Å². The number of hydrogen-bond donors (Lipinski definition) is 1. The van der Waals surface area contributed by atoms with Crippen molar-refractivity contribution in [2.75, 3.05) is 6.54 Å². The maximum Gasteiger partial charge on any atom is 0.179 e. The topological polar surface area (TPSA) is 29.1 Å². The van der Waals surface area contributed by atoms with Gasteiger partial charge in [-0.3, -0.25) is 4.79 Å². The average molecular weight is 237 g/mol. The summed E-state index contributed by atoms with van der Waals surface area (Å²) in [6.45, 7) is 6.90. The first kappa shape index (κ1) is 13.8. The summed E-state index contributed by atoms with van der Waals surface area (Å²) < 4.78 is 12.8. The Morgan fingerprint density at radius 3 is 2.35 bits per heavy atom. The Labute approximate surface area is 102 Å². The Kier molecular flexibility index (Phi) is 5.29. The van der Waals surface area contributed by atoms with Gasteiger partial charge in [0.25, 0.3) is 0 Å². The minimum Gasteiger partial charge on any atom is -0.307 e. The number of Topliss-reactive ketones (excluding diaryl/α,β-unsaturated/α-hetero) is 1. The van der Waals surface area contributed by atoms with Crippen LogP contribution in [0.15, 0.2) is 24.3 Å². The van der Waals surface area contributed by atoms with Crippen molar-refractivity contribution in [2.24, 2.45) is 5.92 Å². The number of rotatable bonds is 6. The first-order chi connectivity index (χ1) is 8.04. The van der Waals surface area contributed by atoms with Crippen molar-refractivity contribution in [3.05, 3.63) is 35.6 Å². The predicted octanol–water partition coefficient (Wildman–Crippen LogP) is 3.03. The van der Waals surface area contributed by atoms with E-state index in [0.717, 1.165) is 13.0 Å². The van der Waals surface area contributed by atoms with Gasteiger partial charge in [0, 0.05) is 5.56 Å². The maximum absolute atomic E-state index is 12.8. The number of hydrogen-bond acceptors (Lipinski definition) is 2. The summed E-state index contributed by atoms with van der Waals surface area (Å²) >= 11 is 0. The van der Waals surface area contributed by atoms with Gasteiger partial charge in [0.05, 0.1) is 6.04 Å². The van der Waals surface area contributed by atoms with Crippen LogP contribution in [-0.4, -0.2) is 18.4 Å². The van der Waals surface area contributed by atoms with E-state index in [1.807, 2.05) is 6.92 Å². The molecule has 0 aliphatic heterocycles. The molecule has 0 bridgehead atoms. The first-order valence-corrected chi connectivity index (χ1v) is 6.07. The van der Waals surface area contributed by atoms with Crippen molar-refractivity contribution in [1.82, 2.24) is 5.32 Å². The second kappa shape index (κ2) is 6.50. The second-order valence-electron chi connectivity index (χ2n) is 4.61. The SMILES string of the molecule is CCNC(CC(C)C)C(=O)c1ccc(F)cc1. The quantitative estimate of drug-likeness (QED) is 0.770. The Morgan fingerprint density at radius 2 is 1.88 bits per heavy atom. The minimum atomic E-state index is -0.314. The third-order valence-corrected chi connectivity index (χ3v) is 2.60. The van der Waals surface area contributed by atoms with Crippen molar-refractivity contribution in [3.63, 3.8) is 0 Å². The molecule has 0 saturated heterocycles. The average Bonchev–Trinajstić information content (AvgIpc) is 2.28. The zero-order valence-corrected chi connectivity index (χ0v) is 10.7. The van der Waals surface area contributed by atoms with E-state index in [0.29, 0.717) is 11.5 Å². The Hall–Kier alpha value is -1.22.